The van der Waals surface area contributed by atoms with Crippen LogP contribution < -0.4 is 10.9 Å². The molecule has 0 saturated heterocycles. The van der Waals surface area contributed by atoms with Gasteiger partial charge in [-0.05, 0) is 56.7 Å². The average molecular weight is 437 g/mol. The van der Waals surface area contributed by atoms with Crippen LogP contribution in [0, 0.1) is 5.95 Å². The second-order valence-corrected chi connectivity index (χ2v) is 8.83. The molecule has 0 spiro atoms. The summed E-state index contributed by atoms with van der Waals surface area (Å²) in [5, 5.41) is 9.34. The van der Waals surface area contributed by atoms with Gasteiger partial charge in [0, 0.05) is 15.9 Å². The Bertz CT molecular complexity index is 1310. The number of halogens is 2. The molecule has 158 valence electrons. The van der Waals surface area contributed by atoms with Crippen molar-refractivity contribution in [3.8, 4) is 11.3 Å². The molecule has 0 saturated carbocycles. The summed E-state index contributed by atoms with van der Waals surface area (Å²) in [4.78, 5) is 17.1. The van der Waals surface area contributed by atoms with E-state index in [0.717, 1.165) is 5.56 Å². The van der Waals surface area contributed by atoms with Crippen LogP contribution in [-0.2, 0) is 6.54 Å². The van der Waals surface area contributed by atoms with Gasteiger partial charge in [-0.15, -0.1) is 0 Å². The van der Waals surface area contributed by atoms with E-state index in [1.807, 2.05) is 32.9 Å². The van der Waals surface area contributed by atoms with Crippen molar-refractivity contribution in [2.24, 2.45) is 0 Å². The molecule has 4 aromatic rings. The maximum atomic E-state index is 15.0. The third kappa shape index (κ3) is 4.59. The van der Waals surface area contributed by atoms with E-state index in [1.165, 1.54) is 4.68 Å². The number of aromatic nitrogens is 3. The van der Waals surface area contributed by atoms with Crippen molar-refractivity contribution in [1.82, 2.24) is 14.8 Å². The summed E-state index contributed by atoms with van der Waals surface area (Å²) >= 11 is 5.96. The average Bonchev–Trinajstić information content (AvgIpc) is 2.71. The third-order valence-electron chi connectivity index (χ3n) is 4.72. The van der Waals surface area contributed by atoms with E-state index in [1.54, 1.807) is 48.5 Å². The highest BCUT2D eigenvalue weighted by atomic mass is 35.5. The van der Waals surface area contributed by atoms with Gasteiger partial charge in [-0.25, -0.2) is 9.67 Å². The molecule has 0 bridgehead atoms. The van der Waals surface area contributed by atoms with Crippen molar-refractivity contribution in [2.75, 3.05) is 5.32 Å². The second kappa shape index (κ2) is 8.12. The molecule has 4 rings (SSSR count). The van der Waals surface area contributed by atoms with Gasteiger partial charge in [0.05, 0.1) is 17.5 Å². The molecule has 2 aromatic heterocycles. The second-order valence-electron chi connectivity index (χ2n) is 8.39. The Kier molecular flexibility index (Phi) is 5.50. The molecule has 0 radical (unpaired) electrons. The molecule has 7 heteroatoms. The van der Waals surface area contributed by atoms with E-state index in [0.29, 0.717) is 27.3 Å². The lowest BCUT2D eigenvalue weighted by atomic mass is 10.1. The number of pyridine rings is 1. The first-order chi connectivity index (χ1) is 14.7. The molecule has 5 nitrogen and oxygen atoms in total. The van der Waals surface area contributed by atoms with Crippen LogP contribution >= 0.6 is 11.6 Å². The molecule has 0 aliphatic heterocycles. The van der Waals surface area contributed by atoms with E-state index in [-0.39, 0.29) is 23.2 Å². The van der Waals surface area contributed by atoms with Crippen LogP contribution in [-0.4, -0.2) is 20.3 Å². The van der Waals surface area contributed by atoms with Crippen molar-refractivity contribution < 1.29 is 4.39 Å². The number of rotatable bonds is 4. The van der Waals surface area contributed by atoms with Crippen LogP contribution in [0.3, 0.4) is 0 Å². The van der Waals surface area contributed by atoms with Crippen LogP contribution in [0.4, 0.5) is 10.2 Å². The molecule has 0 atom stereocenters. The van der Waals surface area contributed by atoms with Crippen LogP contribution in [0.15, 0.2) is 65.5 Å². The van der Waals surface area contributed by atoms with Crippen molar-refractivity contribution >= 4 is 28.2 Å². The van der Waals surface area contributed by atoms with Gasteiger partial charge >= 0.3 is 0 Å². The quantitative estimate of drug-likeness (QED) is 0.428. The summed E-state index contributed by atoms with van der Waals surface area (Å²) in [6.07, 6.45) is 0. The van der Waals surface area contributed by atoms with Crippen molar-refractivity contribution in [3.63, 3.8) is 0 Å². The number of benzene rings is 2. The van der Waals surface area contributed by atoms with Crippen LogP contribution in [0.25, 0.3) is 22.0 Å². The molecule has 1 N–H and O–H groups in total. The van der Waals surface area contributed by atoms with Crippen LogP contribution in [0.1, 0.15) is 26.3 Å². The molecule has 0 amide bonds. The Morgan fingerprint density at radius 2 is 1.68 bits per heavy atom. The lowest BCUT2D eigenvalue weighted by molar-refractivity contribution is 0.578. The van der Waals surface area contributed by atoms with Gasteiger partial charge < -0.3 is 5.32 Å². The van der Waals surface area contributed by atoms with E-state index < -0.39 is 5.95 Å². The Hall–Kier alpha value is -3.25. The standard InChI is InChI=1S/C24H22ClFN4O/c1-24(2,3)28-20-13-12-19(22(26)27-20)21-17-6-4-5-7-18(17)23(31)30(29-21)14-15-8-10-16(25)11-9-15/h4-13H,14H2,1-3H3,(H,27,28). The number of fused-ring (bicyclic) bond motifs is 1. The third-order valence-corrected chi connectivity index (χ3v) is 4.97. The highest BCUT2D eigenvalue weighted by Gasteiger charge is 2.18. The van der Waals surface area contributed by atoms with E-state index in [4.69, 9.17) is 11.6 Å². The number of anilines is 1. The fraction of sp³-hybridized carbons (Fsp3) is 0.208. The summed E-state index contributed by atoms with van der Waals surface area (Å²) in [5.74, 6) is -0.212. The smallest absolute Gasteiger partial charge is 0.274 e. The fourth-order valence-electron chi connectivity index (χ4n) is 3.37. The van der Waals surface area contributed by atoms with Crippen LogP contribution in [0.2, 0.25) is 5.02 Å². The minimum absolute atomic E-state index is 0.237. The summed E-state index contributed by atoms with van der Waals surface area (Å²) in [6.45, 7) is 6.17. The van der Waals surface area contributed by atoms with Crippen molar-refractivity contribution in [1.29, 1.82) is 0 Å². The zero-order valence-electron chi connectivity index (χ0n) is 17.5. The first-order valence-corrected chi connectivity index (χ1v) is 10.3. The van der Waals surface area contributed by atoms with E-state index in [2.05, 4.69) is 15.4 Å². The molecule has 31 heavy (non-hydrogen) atoms. The van der Waals surface area contributed by atoms with Gasteiger partial charge in [-0.3, -0.25) is 4.79 Å². The normalized spacial score (nSPS) is 11.6. The molecule has 0 unspecified atom stereocenters. The molecular weight excluding hydrogens is 415 g/mol. The van der Waals surface area contributed by atoms with Gasteiger partial charge in [-0.2, -0.15) is 9.49 Å². The molecular formula is C24H22ClFN4O. The SMILES string of the molecule is CC(C)(C)Nc1ccc(-c2nn(Cc3ccc(Cl)cc3)c(=O)c3ccccc23)c(F)n1. The minimum atomic E-state index is -0.649. The molecule has 2 heterocycles. The minimum Gasteiger partial charge on any atom is -0.365 e. The Labute approximate surface area is 184 Å². The maximum absolute atomic E-state index is 15.0. The van der Waals surface area contributed by atoms with Gasteiger partial charge in [0.15, 0.2) is 0 Å². The maximum Gasteiger partial charge on any atom is 0.274 e. The zero-order valence-corrected chi connectivity index (χ0v) is 18.2. The Morgan fingerprint density at radius 1 is 1.00 bits per heavy atom. The summed E-state index contributed by atoms with van der Waals surface area (Å²) in [6, 6.07) is 17.6. The zero-order chi connectivity index (χ0) is 22.2. The number of nitrogens with zero attached hydrogens (tertiary/aromatic N) is 3. The largest absolute Gasteiger partial charge is 0.365 e. The Morgan fingerprint density at radius 3 is 2.32 bits per heavy atom. The monoisotopic (exact) mass is 436 g/mol. The topological polar surface area (TPSA) is 59.8 Å². The van der Waals surface area contributed by atoms with E-state index in [9.17, 15) is 4.79 Å². The molecule has 0 aliphatic carbocycles. The van der Waals surface area contributed by atoms with Gasteiger partial charge in [-0.1, -0.05) is 41.9 Å². The van der Waals surface area contributed by atoms with Gasteiger partial charge in [0.2, 0.25) is 5.95 Å². The van der Waals surface area contributed by atoms with Crippen molar-refractivity contribution in [2.45, 2.75) is 32.9 Å². The molecule has 0 aliphatic rings. The van der Waals surface area contributed by atoms with E-state index >= 15 is 4.39 Å². The predicted octanol–water partition coefficient (Wildman–Crippen LogP) is 5.51. The molecule has 0 fully saturated rings. The van der Waals surface area contributed by atoms with Gasteiger partial charge in [0.25, 0.3) is 5.56 Å². The highest BCUT2D eigenvalue weighted by molar-refractivity contribution is 6.30. The van der Waals surface area contributed by atoms with Gasteiger partial charge in [0.1, 0.15) is 11.5 Å². The number of hydrogen-bond donors (Lipinski definition) is 1. The fourth-order valence-corrected chi connectivity index (χ4v) is 3.49. The summed E-state index contributed by atoms with van der Waals surface area (Å²) in [7, 11) is 0. The predicted molar refractivity (Wildman–Crippen MR) is 123 cm³/mol. The summed E-state index contributed by atoms with van der Waals surface area (Å²) in [5.41, 5.74) is 0.978. The first kappa shape index (κ1) is 21.0. The highest BCUT2D eigenvalue weighted by Crippen LogP contribution is 2.28. The Balaban J connectivity index is 1.85. The lowest BCUT2D eigenvalue weighted by Crippen LogP contribution is -2.27. The number of hydrogen-bond acceptors (Lipinski definition) is 4. The lowest BCUT2D eigenvalue weighted by Gasteiger charge is -2.21. The number of nitrogens with one attached hydrogen (secondary N) is 1. The van der Waals surface area contributed by atoms with Crippen molar-refractivity contribution in [3.05, 3.63) is 87.6 Å². The summed E-state index contributed by atoms with van der Waals surface area (Å²) < 4.78 is 16.4. The van der Waals surface area contributed by atoms with Crippen LogP contribution in [0.5, 0.6) is 0 Å². The molecule has 2 aromatic carbocycles. The first-order valence-electron chi connectivity index (χ1n) is 9.91.